The van der Waals surface area contributed by atoms with Gasteiger partial charge in [0.25, 0.3) is 0 Å². The molecule has 1 aromatic carbocycles. The molecule has 3 N–H and O–H groups in total. The summed E-state index contributed by atoms with van der Waals surface area (Å²) in [5, 5.41) is 3.23. The summed E-state index contributed by atoms with van der Waals surface area (Å²) < 4.78 is 1.03. The Morgan fingerprint density at radius 1 is 1.24 bits per heavy atom. The van der Waals surface area contributed by atoms with Crippen molar-refractivity contribution in [2.45, 2.75) is 0 Å². The second-order valence-corrected chi connectivity index (χ2v) is 4.77. The van der Waals surface area contributed by atoms with Crippen LogP contribution in [-0.2, 0) is 0 Å². The summed E-state index contributed by atoms with van der Waals surface area (Å²) in [6.07, 6.45) is 3.37. The SMILES string of the molecule is NC(=S)c1ccncc1Nc1ccc(Br)cc1. The molecule has 0 amide bonds. The van der Waals surface area contributed by atoms with E-state index in [0.29, 0.717) is 4.99 Å². The number of pyridine rings is 1. The van der Waals surface area contributed by atoms with E-state index < -0.39 is 0 Å². The van der Waals surface area contributed by atoms with Crippen LogP contribution in [0.1, 0.15) is 5.56 Å². The van der Waals surface area contributed by atoms with E-state index in [-0.39, 0.29) is 0 Å². The van der Waals surface area contributed by atoms with E-state index in [1.807, 2.05) is 24.3 Å². The zero-order chi connectivity index (χ0) is 12.3. The van der Waals surface area contributed by atoms with Gasteiger partial charge in [0.1, 0.15) is 4.99 Å². The van der Waals surface area contributed by atoms with Gasteiger partial charge in [0, 0.05) is 21.9 Å². The first kappa shape index (κ1) is 12.0. The molecule has 1 heterocycles. The maximum absolute atomic E-state index is 5.65. The highest BCUT2D eigenvalue weighted by molar-refractivity contribution is 9.10. The summed E-state index contributed by atoms with van der Waals surface area (Å²) >= 11 is 8.38. The molecule has 0 radical (unpaired) electrons. The number of hydrogen-bond acceptors (Lipinski definition) is 3. The Kier molecular flexibility index (Phi) is 3.71. The standard InChI is InChI=1S/C12H10BrN3S/c13-8-1-3-9(4-2-8)16-11-7-15-6-5-10(11)12(14)17/h1-7,16H,(H2,14,17). The van der Waals surface area contributed by atoms with Gasteiger partial charge in [-0.2, -0.15) is 0 Å². The van der Waals surface area contributed by atoms with E-state index in [1.54, 1.807) is 18.5 Å². The van der Waals surface area contributed by atoms with Crippen molar-refractivity contribution in [2.24, 2.45) is 5.73 Å². The lowest BCUT2D eigenvalue weighted by Crippen LogP contribution is -2.12. The van der Waals surface area contributed by atoms with E-state index in [9.17, 15) is 0 Å². The van der Waals surface area contributed by atoms with Gasteiger partial charge in [0.15, 0.2) is 0 Å². The predicted octanol–water partition coefficient (Wildman–Crippen LogP) is 3.22. The molecule has 2 rings (SSSR count). The molecule has 0 spiro atoms. The minimum absolute atomic E-state index is 0.354. The summed E-state index contributed by atoms with van der Waals surface area (Å²) in [6.45, 7) is 0. The lowest BCUT2D eigenvalue weighted by Gasteiger charge is -2.10. The Morgan fingerprint density at radius 2 is 1.94 bits per heavy atom. The van der Waals surface area contributed by atoms with Gasteiger partial charge >= 0.3 is 0 Å². The first-order valence-electron chi connectivity index (χ1n) is 4.93. The maximum atomic E-state index is 5.65. The van der Waals surface area contributed by atoms with Crippen molar-refractivity contribution in [3.8, 4) is 0 Å². The Balaban J connectivity index is 2.30. The van der Waals surface area contributed by atoms with Crippen LogP contribution in [0, 0.1) is 0 Å². The molecular formula is C12H10BrN3S. The van der Waals surface area contributed by atoms with Crippen molar-refractivity contribution in [3.05, 3.63) is 52.8 Å². The van der Waals surface area contributed by atoms with Crippen LogP contribution in [0.4, 0.5) is 11.4 Å². The average Bonchev–Trinajstić information content (AvgIpc) is 2.32. The molecule has 0 aliphatic rings. The van der Waals surface area contributed by atoms with Crippen molar-refractivity contribution in [3.63, 3.8) is 0 Å². The van der Waals surface area contributed by atoms with E-state index in [0.717, 1.165) is 21.4 Å². The molecule has 0 unspecified atom stereocenters. The predicted molar refractivity (Wildman–Crippen MR) is 77.5 cm³/mol. The molecular weight excluding hydrogens is 298 g/mol. The zero-order valence-corrected chi connectivity index (χ0v) is 11.3. The molecule has 0 aliphatic heterocycles. The summed E-state index contributed by atoms with van der Waals surface area (Å²) in [5.41, 5.74) is 8.20. The van der Waals surface area contributed by atoms with Gasteiger partial charge in [0.05, 0.1) is 11.9 Å². The van der Waals surface area contributed by atoms with Gasteiger partial charge in [-0.1, -0.05) is 28.1 Å². The molecule has 0 aliphatic carbocycles. The number of halogens is 1. The minimum Gasteiger partial charge on any atom is -0.389 e. The normalized spacial score (nSPS) is 9.94. The third-order valence-electron chi connectivity index (χ3n) is 2.21. The second-order valence-electron chi connectivity index (χ2n) is 3.42. The van der Waals surface area contributed by atoms with E-state index in [2.05, 4.69) is 26.2 Å². The van der Waals surface area contributed by atoms with Gasteiger partial charge < -0.3 is 11.1 Å². The number of nitrogens with two attached hydrogens (primary N) is 1. The second kappa shape index (κ2) is 5.25. The number of aromatic nitrogens is 1. The van der Waals surface area contributed by atoms with Crippen molar-refractivity contribution in [1.82, 2.24) is 4.98 Å². The Morgan fingerprint density at radius 3 is 2.59 bits per heavy atom. The quantitative estimate of drug-likeness (QED) is 0.855. The third-order valence-corrected chi connectivity index (χ3v) is 2.96. The molecule has 0 atom stereocenters. The van der Waals surface area contributed by atoms with Crippen LogP contribution >= 0.6 is 28.1 Å². The van der Waals surface area contributed by atoms with E-state index in [4.69, 9.17) is 18.0 Å². The highest BCUT2D eigenvalue weighted by Crippen LogP contribution is 2.21. The van der Waals surface area contributed by atoms with Crippen molar-refractivity contribution >= 4 is 44.5 Å². The molecule has 1 aromatic heterocycles. The first-order valence-corrected chi connectivity index (χ1v) is 6.13. The number of hydrogen-bond donors (Lipinski definition) is 2. The Hall–Kier alpha value is -1.46. The zero-order valence-electron chi connectivity index (χ0n) is 8.85. The Labute approximate surface area is 113 Å². The largest absolute Gasteiger partial charge is 0.389 e. The highest BCUT2D eigenvalue weighted by Gasteiger charge is 2.04. The third kappa shape index (κ3) is 3.01. The van der Waals surface area contributed by atoms with Crippen molar-refractivity contribution in [2.75, 3.05) is 5.32 Å². The summed E-state index contributed by atoms with van der Waals surface area (Å²) in [7, 11) is 0. The van der Waals surface area contributed by atoms with Crippen LogP contribution in [0.2, 0.25) is 0 Å². The highest BCUT2D eigenvalue weighted by atomic mass is 79.9. The van der Waals surface area contributed by atoms with Crippen LogP contribution in [-0.4, -0.2) is 9.97 Å². The molecule has 2 aromatic rings. The molecule has 3 nitrogen and oxygen atoms in total. The summed E-state index contributed by atoms with van der Waals surface area (Å²) in [6, 6.07) is 9.63. The van der Waals surface area contributed by atoms with Crippen molar-refractivity contribution < 1.29 is 0 Å². The lowest BCUT2D eigenvalue weighted by molar-refractivity contribution is 1.31. The fourth-order valence-electron chi connectivity index (χ4n) is 1.40. The molecule has 86 valence electrons. The Bertz CT molecular complexity index is 540. The molecule has 0 fully saturated rings. The van der Waals surface area contributed by atoms with Gasteiger partial charge in [-0.05, 0) is 30.3 Å². The molecule has 0 saturated carbocycles. The molecule has 0 saturated heterocycles. The van der Waals surface area contributed by atoms with Crippen LogP contribution in [0.15, 0.2) is 47.2 Å². The first-order chi connectivity index (χ1) is 8.16. The van der Waals surface area contributed by atoms with Crippen LogP contribution in [0.25, 0.3) is 0 Å². The molecule has 5 heteroatoms. The van der Waals surface area contributed by atoms with Gasteiger partial charge in [-0.15, -0.1) is 0 Å². The van der Waals surface area contributed by atoms with E-state index in [1.165, 1.54) is 0 Å². The summed E-state index contributed by atoms with van der Waals surface area (Å²) in [4.78, 5) is 4.41. The number of nitrogens with zero attached hydrogens (tertiary/aromatic N) is 1. The average molecular weight is 308 g/mol. The monoisotopic (exact) mass is 307 g/mol. The van der Waals surface area contributed by atoms with Crippen LogP contribution in [0.3, 0.4) is 0 Å². The lowest BCUT2D eigenvalue weighted by atomic mass is 10.2. The van der Waals surface area contributed by atoms with Crippen LogP contribution < -0.4 is 11.1 Å². The smallest absolute Gasteiger partial charge is 0.106 e. The fraction of sp³-hybridized carbons (Fsp3) is 0. The van der Waals surface area contributed by atoms with E-state index >= 15 is 0 Å². The minimum atomic E-state index is 0.354. The topological polar surface area (TPSA) is 50.9 Å². The molecule has 0 bridgehead atoms. The molecule has 17 heavy (non-hydrogen) atoms. The van der Waals surface area contributed by atoms with Crippen molar-refractivity contribution in [1.29, 1.82) is 0 Å². The van der Waals surface area contributed by atoms with Crippen LogP contribution in [0.5, 0.6) is 0 Å². The number of nitrogens with one attached hydrogen (secondary N) is 1. The van der Waals surface area contributed by atoms with Gasteiger partial charge in [-0.3, -0.25) is 4.98 Å². The number of thiocarbonyl (C=S) groups is 1. The summed E-state index contributed by atoms with van der Waals surface area (Å²) in [5.74, 6) is 0. The fourth-order valence-corrected chi connectivity index (χ4v) is 1.84. The van der Waals surface area contributed by atoms with Gasteiger partial charge in [0.2, 0.25) is 0 Å². The number of rotatable bonds is 3. The van der Waals surface area contributed by atoms with Gasteiger partial charge in [-0.25, -0.2) is 0 Å². The number of benzene rings is 1. The maximum Gasteiger partial charge on any atom is 0.106 e. The number of anilines is 2.